The van der Waals surface area contributed by atoms with Crippen LogP contribution in [0.3, 0.4) is 0 Å². The Balaban J connectivity index is 3.00. The molecule has 19 heavy (non-hydrogen) atoms. The van der Waals surface area contributed by atoms with Gasteiger partial charge in [0.2, 0.25) is 0 Å². The maximum absolute atomic E-state index is 6.37. The number of nitrogens with zero attached hydrogens (tertiary/aromatic N) is 1. The first kappa shape index (κ1) is 16.5. The molecule has 0 amide bonds. The molecule has 2 unspecified atom stereocenters. The van der Waals surface area contributed by atoms with Gasteiger partial charge in [-0.15, -0.1) is 0 Å². The van der Waals surface area contributed by atoms with Gasteiger partial charge in [0.25, 0.3) is 0 Å². The maximum atomic E-state index is 6.37. The molecular formula is C16H27ClN2. The number of hydrogen-bond acceptors (Lipinski definition) is 2. The highest BCUT2D eigenvalue weighted by atomic mass is 35.5. The van der Waals surface area contributed by atoms with Crippen LogP contribution >= 0.6 is 11.6 Å². The van der Waals surface area contributed by atoms with Crippen molar-refractivity contribution in [2.45, 2.75) is 52.1 Å². The van der Waals surface area contributed by atoms with Crippen molar-refractivity contribution in [1.82, 2.24) is 4.90 Å². The lowest BCUT2D eigenvalue weighted by atomic mass is 9.96. The minimum Gasteiger partial charge on any atom is -0.326 e. The van der Waals surface area contributed by atoms with Gasteiger partial charge in [0.1, 0.15) is 0 Å². The summed E-state index contributed by atoms with van der Waals surface area (Å²) in [6.07, 6.45) is 3.29. The Kier molecular flexibility index (Phi) is 7.44. The second kappa shape index (κ2) is 8.57. The van der Waals surface area contributed by atoms with Crippen LogP contribution in [0, 0.1) is 0 Å². The van der Waals surface area contributed by atoms with E-state index in [1.807, 2.05) is 12.1 Å². The molecule has 0 saturated carbocycles. The number of halogens is 1. The number of benzene rings is 1. The summed E-state index contributed by atoms with van der Waals surface area (Å²) in [6.45, 7) is 8.78. The summed E-state index contributed by atoms with van der Waals surface area (Å²) in [4.78, 5) is 2.51. The molecule has 0 spiro atoms. The Morgan fingerprint density at radius 1 is 1.05 bits per heavy atom. The SMILES string of the molecule is CCCN(CCC)C(c1ccc(Cl)cc1)C(N)CC. The Labute approximate surface area is 122 Å². The number of nitrogens with two attached hydrogens (primary N) is 1. The number of hydrogen-bond donors (Lipinski definition) is 1. The van der Waals surface area contributed by atoms with Gasteiger partial charge in [0, 0.05) is 17.1 Å². The first-order valence-corrected chi connectivity index (χ1v) is 7.76. The third-order valence-electron chi connectivity index (χ3n) is 3.50. The normalized spacial score (nSPS) is 14.6. The molecule has 2 nitrogen and oxygen atoms in total. The Morgan fingerprint density at radius 2 is 1.58 bits per heavy atom. The molecule has 1 aromatic carbocycles. The largest absolute Gasteiger partial charge is 0.326 e. The molecule has 0 heterocycles. The second-order valence-corrected chi connectivity index (χ2v) is 5.54. The van der Waals surface area contributed by atoms with E-state index in [0.29, 0.717) is 6.04 Å². The van der Waals surface area contributed by atoms with E-state index in [4.69, 9.17) is 17.3 Å². The van der Waals surface area contributed by atoms with E-state index < -0.39 is 0 Å². The van der Waals surface area contributed by atoms with Crippen molar-refractivity contribution in [1.29, 1.82) is 0 Å². The Morgan fingerprint density at radius 3 is 2.00 bits per heavy atom. The van der Waals surface area contributed by atoms with Crippen LogP contribution in [0.25, 0.3) is 0 Å². The lowest BCUT2D eigenvalue weighted by Gasteiger charge is -2.35. The molecule has 0 radical (unpaired) electrons. The fraction of sp³-hybridized carbons (Fsp3) is 0.625. The Hall–Kier alpha value is -0.570. The predicted octanol–water partition coefficient (Wildman–Crippen LogP) is 4.24. The summed E-state index contributed by atoms with van der Waals surface area (Å²) in [5.74, 6) is 0. The molecule has 1 rings (SSSR count). The van der Waals surface area contributed by atoms with Crippen molar-refractivity contribution < 1.29 is 0 Å². The van der Waals surface area contributed by atoms with Gasteiger partial charge >= 0.3 is 0 Å². The average molecular weight is 283 g/mol. The fourth-order valence-electron chi connectivity index (χ4n) is 2.58. The Bertz CT molecular complexity index is 344. The zero-order valence-electron chi connectivity index (χ0n) is 12.4. The maximum Gasteiger partial charge on any atom is 0.0499 e. The lowest BCUT2D eigenvalue weighted by Crippen LogP contribution is -2.41. The highest BCUT2D eigenvalue weighted by Gasteiger charge is 2.24. The third-order valence-corrected chi connectivity index (χ3v) is 3.76. The molecule has 0 bridgehead atoms. The lowest BCUT2D eigenvalue weighted by molar-refractivity contribution is 0.169. The smallest absolute Gasteiger partial charge is 0.0499 e. The van der Waals surface area contributed by atoms with E-state index in [0.717, 1.165) is 37.4 Å². The van der Waals surface area contributed by atoms with Crippen LogP contribution in [0.1, 0.15) is 51.6 Å². The second-order valence-electron chi connectivity index (χ2n) is 5.10. The summed E-state index contributed by atoms with van der Waals surface area (Å²) < 4.78 is 0. The summed E-state index contributed by atoms with van der Waals surface area (Å²) in [5.41, 5.74) is 7.65. The van der Waals surface area contributed by atoms with Gasteiger partial charge in [-0.1, -0.05) is 44.5 Å². The molecule has 108 valence electrons. The zero-order chi connectivity index (χ0) is 14.3. The first-order chi connectivity index (χ1) is 9.13. The highest BCUT2D eigenvalue weighted by molar-refractivity contribution is 6.30. The van der Waals surface area contributed by atoms with Crippen LogP contribution in [-0.4, -0.2) is 24.0 Å². The minimum atomic E-state index is 0.166. The molecule has 2 atom stereocenters. The minimum absolute atomic E-state index is 0.166. The van der Waals surface area contributed by atoms with Crippen LogP contribution in [0.4, 0.5) is 0 Å². The zero-order valence-corrected chi connectivity index (χ0v) is 13.2. The number of rotatable bonds is 8. The van der Waals surface area contributed by atoms with Crippen LogP contribution in [0.5, 0.6) is 0 Å². The van der Waals surface area contributed by atoms with Gasteiger partial charge in [0.15, 0.2) is 0 Å². The molecule has 0 aliphatic heterocycles. The van der Waals surface area contributed by atoms with E-state index >= 15 is 0 Å². The standard InChI is InChI=1S/C16H27ClN2/c1-4-11-19(12-5-2)16(15(18)6-3)13-7-9-14(17)10-8-13/h7-10,15-16H,4-6,11-12,18H2,1-3H3. The summed E-state index contributed by atoms with van der Waals surface area (Å²) in [6, 6.07) is 8.60. The van der Waals surface area contributed by atoms with Gasteiger partial charge < -0.3 is 5.73 Å². The third kappa shape index (κ3) is 4.79. The van der Waals surface area contributed by atoms with Crippen molar-refractivity contribution >= 4 is 11.6 Å². The van der Waals surface area contributed by atoms with Crippen molar-refractivity contribution in [2.24, 2.45) is 5.73 Å². The van der Waals surface area contributed by atoms with Crippen molar-refractivity contribution in [2.75, 3.05) is 13.1 Å². The van der Waals surface area contributed by atoms with Gasteiger partial charge in [-0.3, -0.25) is 4.90 Å². The molecule has 3 heteroatoms. The summed E-state index contributed by atoms with van der Waals surface area (Å²) in [7, 11) is 0. The van der Waals surface area contributed by atoms with E-state index in [9.17, 15) is 0 Å². The molecule has 0 aromatic heterocycles. The first-order valence-electron chi connectivity index (χ1n) is 7.39. The molecule has 0 aliphatic rings. The van der Waals surface area contributed by atoms with Crippen molar-refractivity contribution in [3.8, 4) is 0 Å². The van der Waals surface area contributed by atoms with Gasteiger partial charge in [-0.2, -0.15) is 0 Å². The van der Waals surface area contributed by atoms with E-state index in [1.165, 1.54) is 5.56 Å². The topological polar surface area (TPSA) is 29.3 Å². The van der Waals surface area contributed by atoms with Crippen LogP contribution in [0.2, 0.25) is 5.02 Å². The average Bonchev–Trinajstić information content (AvgIpc) is 2.41. The van der Waals surface area contributed by atoms with E-state index in [-0.39, 0.29) is 6.04 Å². The molecule has 0 saturated heterocycles. The van der Waals surface area contributed by atoms with Crippen molar-refractivity contribution in [3.63, 3.8) is 0 Å². The molecule has 1 aromatic rings. The molecular weight excluding hydrogens is 256 g/mol. The monoisotopic (exact) mass is 282 g/mol. The van der Waals surface area contributed by atoms with Gasteiger partial charge in [-0.05, 0) is 50.0 Å². The quantitative estimate of drug-likeness (QED) is 0.773. The van der Waals surface area contributed by atoms with Crippen LogP contribution in [0.15, 0.2) is 24.3 Å². The summed E-state index contributed by atoms with van der Waals surface area (Å²) >= 11 is 5.99. The van der Waals surface area contributed by atoms with Crippen LogP contribution in [-0.2, 0) is 0 Å². The van der Waals surface area contributed by atoms with E-state index in [2.05, 4.69) is 37.8 Å². The fourth-order valence-corrected chi connectivity index (χ4v) is 2.70. The van der Waals surface area contributed by atoms with Crippen molar-refractivity contribution in [3.05, 3.63) is 34.9 Å². The predicted molar refractivity (Wildman–Crippen MR) is 84.6 cm³/mol. The molecule has 0 fully saturated rings. The molecule has 0 aliphatic carbocycles. The summed E-state index contributed by atoms with van der Waals surface area (Å²) in [5, 5.41) is 0.783. The highest BCUT2D eigenvalue weighted by Crippen LogP contribution is 2.26. The van der Waals surface area contributed by atoms with Gasteiger partial charge in [-0.25, -0.2) is 0 Å². The molecule has 2 N–H and O–H groups in total. The van der Waals surface area contributed by atoms with Crippen LogP contribution < -0.4 is 5.73 Å². The van der Waals surface area contributed by atoms with E-state index in [1.54, 1.807) is 0 Å². The van der Waals surface area contributed by atoms with Gasteiger partial charge in [0.05, 0.1) is 0 Å².